The van der Waals surface area contributed by atoms with Gasteiger partial charge < -0.3 is 5.11 Å². The molecule has 0 aromatic carbocycles. The number of hydrogen-bond donors (Lipinski definition) is 1. The Balaban J connectivity index is 0. The van der Waals surface area contributed by atoms with E-state index in [0.717, 1.165) is 0 Å². The fraction of sp³-hybridized carbons (Fsp3) is 0.667. The Kier molecular flexibility index (Phi) is 8.69. The number of carboxylic acid groups (broad SMARTS) is 1. The van der Waals surface area contributed by atoms with Crippen molar-refractivity contribution in [1.82, 2.24) is 0 Å². The molecule has 0 aromatic rings. The van der Waals surface area contributed by atoms with Crippen LogP contribution in [0.15, 0.2) is 0 Å². The first-order valence-electron chi connectivity index (χ1n) is 1.49. The minimum atomic E-state index is -0.745. The molecule has 0 saturated carbocycles. The Hall–Kier alpha value is 0.405. The Labute approximate surface area is 57.1 Å². The van der Waals surface area contributed by atoms with Gasteiger partial charge in [-0.3, -0.25) is 4.79 Å². The molecule has 0 radical (unpaired) electrons. The molecule has 6 heavy (non-hydrogen) atoms. The zero-order valence-corrected chi connectivity index (χ0v) is 9.27. The second-order valence-corrected chi connectivity index (χ2v) is 0.747. The van der Waals surface area contributed by atoms with Gasteiger partial charge in [-0.25, -0.2) is 0 Å². The van der Waals surface area contributed by atoms with Gasteiger partial charge in [0, 0.05) is 6.42 Å². The fourth-order valence-corrected chi connectivity index (χ4v) is 0. The van der Waals surface area contributed by atoms with Crippen LogP contribution in [0.25, 0.3) is 0 Å². The van der Waals surface area contributed by atoms with E-state index in [4.69, 9.17) is 5.11 Å². The van der Waals surface area contributed by atoms with E-state index in [2.05, 4.69) is 0 Å². The molecule has 0 aliphatic carbocycles. The van der Waals surface area contributed by atoms with E-state index in [1.807, 2.05) is 0 Å². The first kappa shape index (κ1) is 9.64. The normalized spacial score (nSPS) is 6.17. The van der Waals surface area contributed by atoms with E-state index >= 15 is 0 Å². The summed E-state index contributed by atoms with van der Waals surface area (Å²) in [5, 5.41) is 7.72. The summed E-state index contributed by atoms with van der Waals surface area (Å²) in [6.45, 7) is 1.60. The van der Waals surface area contributed by atoms with Crippen LogP contribution in [0.2, 0.25) is 0 Å². The summed E-state index contributed by atoms with van der Waals surface area (Å²) in [6.07, 6.45) is 0.222. The Morgan fingerprint density at radius 1 is 1.83 bits per heavy atom. The van der Waals surface area contributed by atoms with Crippen molar-refractivity contribution < 1.29 is 37.6 Å². The molecule has 0 heterocycles. The number of aliphatic carboxylic acids is 1. The van der Waals surface area contributed by atoms with Gasteiger partial charge in [-0.05, 0) is 0 Å². The Morgan fingerprint density at radius 3 is 2.00 bits per heavy atom. The summed E-state index contributed by atoms with van der Waals surface area (Å²) in [7, 11) is 0. The number of rotatable bonds is 1. The van der Waals surface area contributed by atoms with Gasteiger partial charge in [0.15, 0.2) is 0 Å². The molecule has 0 spiro atoms. The monoisotopic (exact) mass is 276 g/mol. The smallest absolute Gasteiger partial charge is 0.481 e. The second-order valence-electron chi connectivity index (χ2n) is 0.747. The summed E-state index contributed by atoms with van der Waals surface area (Å²) in [4.78, 5) is 9.37. The predicted molar refractivity (Wildman–Crippen MR) is 17.9 cm³/mol. The van der Waals surface area contributed by atoms with Crippen molar-refractivity contribution in [3.05, 3.63) is 0 Å². The van der Waals surface area contributed by atoms with Crippen LogP contribution < -0.4 is 0 Å². The summed E-state index contributed by atoms with van der Waals surface area (Å²) in [5.74, 6) is -0.745. The van der Waals surface area contributed by atoms with Crippen LogP contribution in [0.4, 0.5) is 0 Å². The van der Waals surface area contributed by atoms with Gasteiger partial charge in [-0.2, -0.15) is 0 Å². The van der Waals surface area contributed by atoms with Gasteiger partial charge in [0.1, 0.15) is 0 Å². The van der Waals surface area contributed by atoms with Crippen LogP contribution in [0.3, 0.4) is 0 Å². The molecule has 0 aromatic heterocycles. The zero-order valence-electron chi connectivity index (χ0n) is 3.77. The summed E-state index contributed by atoms with van der Waals surface area (Å²) in [6, 6.07) is 0. The number of carbonyl (C=O) groups is 1. The molecule has 0 rings (SSSR count). The van der Waals surface area contributed by atoms with Gasteiger partial charge in [0.25, 0.3) is 0 Å². The van der Waals surface area contributed by atoms with E-state index in [1.54, 1.807) is 6.92 Å². The Bertz CT molecular complexity index is 44.1. The average Bonchev–Trinajstić information content (AvgIpc) is 1.38. The van der Waals surface area contributed by atoms with Crippen molar-refractivity contribution >= 4 is 5.97 Å². The third-order valence-electron chi connectivity index (χ3n) is 0.302. The van der Waals surface area contributed by atoms with E-state index in [9.17, 15) is 4.79 Å². The van der Waals surface area contributed by atoms with Crippen molar-refractivity contribution in [2.75, 3.05) is 0 Å². The van der Waals surface area contributed by atoms with E-state index in [0.29, 0.717) is 0 Å². The molecule has 0 atom stereocenters. The molecular weight excluding hydrogens is 269 g/mol. The molecule has 3 heteroatoms. The summed E-state index contributed by atoms with van der Waals surface area (Å²) in [5.41, 5.74) is 0. The van der Waals surface area contributed by atoms with Crippen molar-refractivity contribution in [3.8, 4) is 0 Å². The van der Waals surface area contributed by atoms with Gasteiger partial charge in [0.2, 0.25) is 0 Å². The van der Waals surface area contributed by atoms with Crippen LogP contribution in [0.5, 0.6) is 0 Å². The van der Waals surface area contributed by atoms with Crippen LogP contribution in [0.1, 0.15) is 13.3 Å². The molecule has 0 saturated heterocycles. The summed E-state index contributed by atoms with van der Waals surface area (Å²) >= 11 is 0. The van der Waals surface area contributed by atoms with Crippen molar-refractivity contribution in [2.24, 2.45) is 0 Å². The van der Waals surface area contributed by atoms with Crippen LogP contribution in [-0.2, 0) is 32.5 Å². The maximum absolute atomic E-state index is 9.37. The van der Waals surface area contributed by atoms with Gasteiger partial charge in [-0.15, -0.1) is 0 Å². The van der Waals surface area contributed by atoms with Gasteiger partial charge >= 0.3 is 33.6 Å². The van der Waals surface area contributed by atoms with Gasteiger partial charge in [-0.1, -0.05) is 6.92 Å². The molecule has 2 nitrogen and oxygen atoms in total. The van der Waals surface area contributed by atoms with Crippen LogP contribution in [0, 0.1) is 0 Å². The quantitative estimate of drug-likeness (QED) is 0.706. The molecule has 0 aliphatic rings. The SMILES string of the molecule is CCC(=O)O.[Hg+2]. The first-order chi connectivity index (χ1) is 2.27. The van der Waals surface area contributed by atoms with Crippen molar-refractivity contribution in [2.45, 2.75) is 13.3 Å². The summed E-state index contributed by atoms with van der Waals surface area (Å²) < 4.78 is 0. The average molecular weight is 275 g/mol. The Morgan fingerprint density at radius 2 is 2.00 bits per heavy atom. The molecular formula is C3H6HgO2+2. The maximum Gasteiger partial charge on any atom is 2.00 e. The van der Waals surface area contributed by atoms with E-state index in [-0.39, 0.29) is 34.1 Å². The largest absolute Gasteiger partial charge is 2.00 e. The van der Waals surface area contributed by atoms with Crippen LogP contribution in [-0.4, -0.2) is 11.1 Å². The molecule has 0 aliphatic heterocycles. The van der Waals surface area contributed by atoms with Gasteiger partial charge in [0.05, 0.1) is 0 Å². The third-order valence-corrected chi connectivity index (χ3v) is 0.302. The van der Waals surface area contributed by atoms with Crippen LogP contribution >= 0.6 is 0 Å². The predicted octanol–water partition coefficient (Wildman–Crippen LogP) is 0.478. The van der Waals surface area contributed by atoms with Crippen molar-refractivity contribution in [3.63, 3.8) is 0 Å². The minimum Gasteiger partial charge on any atom is -0.481 e. The first-order valence-corrected chi connectivity index (χ1v) is 1.49. The molecule has 30 valence electrons. The standard InChI is InChI=1S/C3H6O2.Hg/c1-2-3(4)5;/h2H2,1H3,(H,4,5);/q;+2. The molecule has 1 N–H and O–H groups in total. The molecule has 0 unspecified atom stereocenters. The maximum atomic E-state index is 9.37. The zero-order chi connectivity index (χ0) is 4.28. The molecule has 0 bridgehead atoms. The van der Waals surface area contributed by atoms with E-state index in [1.165, 1.54) is 0 Å². The second kappa shape index (κ2) is 5.41. The van der Waals surface area contributed by atoms with Crippen molar-refractivity contribution in [1.29, 1.82) is 0 Å². The number of hydrogen-bond acceptors (Lipinski definition) is 1. The molecule has 0 fully saturated rings. The minimum absolute atomic E-state index is 0. The molecule has 0 amide bonds. The topological polar surface area (TPSA) is 37.3 Å². The van der Waals surface area contributed by atoms with E-state index < -0.39 is 5.97 Å². The number of carboxylic acids is 1. The third kappa shape index (κ3) is 8.83. The fourth-order valence-electron chi connectivity index (χ4n) is 0.